The van der Waals surface area contributed by atoms with Gasteiger partial charge in [-0.25, -0.2) is 0 Å². The van der Waals surface area contributed by atoms with E-state index < -0.39 is 0 Å². The summed E-state index contributed by atoms with van der Waals surface area (Å²) in [6.07, 6.45) is 0.630. The van der Waals surface area contributed by atoms with Gasteiger partial charge in [0.15, 0.2) is 0 Å². The molecule has 1 N–H and O–H groups in total. The molecule has 4 nitrogen and oxygen atoms in total. The minimum absolute atomic E-state index is 0.131. The summed E-state index contributed by atoms with van der Waals surface area (Å²) < 4.78 is 0. The fourth-order valence-electron chi connectivity index (χ4n) is 2.09. The van der Waals surface area contributed by atoms with E-state index in [4.69, 9.17) is 0 Å². The Hall–Kier alpha value is -1.72. The Kier molecular flexibility index (Phi) is 4.65. The van der Waals surface area contributed by atoms with E-state index in [0.717, 1.165) is 12.1 Å². The van der Waals surface area contributed by atoms with Crippen LogP contribution < -0.4 is 5.32 Å². The van der Waals surface area contributed by atoms with Crippen LogP contribution in [0.2, 0.25) is 0 Å². The van der Waals surface area contributed by atoms with E-state index in [2.05, 4.69) is 11.4 Å². The van der Waals surface area contributed by atoms with Gasteiger partial charge in [-0.05, 0) is 24.4 Å². The second-order valence-electron chi connectivity index (χ2n) is 4.22. The molecule has 0 aliphatic heterocycles. The van der Waals surface area contributed by atoms with Crippen molar-refractivity contribution in [3.05, 3.63) is 62.3 Å². The normalized spacial score (nSPS) is 12.3. The van der Waals surface area contributed by atoms with Crippen molar-refractivity contribution >= 4 is 17.0 Å². The smallest absolute Gasteiger partial charge is 0.272 e. The van der Waals surface area contributed by atoms with E-state index in [0.29, 0.717) is 6.42 Å². The molecule has 0 amide bonds. The highest BCUT2D eigenvalue weighted by atomic mass is 32.1. The molecule has 2 aromatic rings. The summed E-state index contributed by atoms with van der Waals surface area (Å²) >= 11 is 1.67. The van der Waals surface area contributed by atoms with Crippen LogP contribution in [0, 0.1) is 10.1 Å². The van der Waals surface area contributed by atoms with E-state index >= 15 is 0 Å². The summed E-state index contributed by atoms with van der Waals surface area (Å²) in [5.74, 6) is 0. The lowest BCUT2D eigenvalue weighted by molar-refractivity contribution is -0.385. The number of nitrogens with zero attached hydrogens (tertiary/aromatic N) is 1. The maximum Gasteiger partial charge on any atom is 0.272 e. The van der Waals surface area contributed by atoms with Crippen molar-refractivity contribution in [3.8, 4) is 0 Å². The summed E-state index contributed by atoms with van der Waals surface area (Å²) in [5.41, 5.74) is 0.966. The highest BCUT2D eigenvalue weighted by molar-refractivity contribution is 7.10. The van der Waals surface area contributed by atoms with Crippen LogP contribution in [0.3, 0.4) is 0 Å². The van der Waals surface area contributed by atoms with Crippen molar-refractivity contribution in [3.63, 3.8) is 0 Å². The molecule has 100 valence electrons. The van der Waals surface area contributed by atoms with Crippen LogP contribution in [0.25, 0.3) is 0 Å². The van der Waals surface area contributed by atoms with Crippen LogP contribution in [-0.2, 0) is 6.42 Å². The van der Waals surface area contributed by atoms with Crippen molar-refractivity contribution in [1.82, 2.24) is 5.32 Å². The largest absolute Gasteiger partial charge is 0.309 e. The van der Waals surface area contributed by atoms with Crippen LogP contribution in [0.4, 0.5) is 5.69 Å². The van der Waals surface area contributed by atoms with Crippen LogP contribution in [0.5, 0.6) is 0 Å². The monoisotopic (exact) mass is 276 g/mol. The molecule has 0 spiro atoms. The molecule has 0 aliphatic rings. The Balaban J connectivity index is 2.25. The topological polar surface area (TPSA) is 55.2 Å². The summed E-state index contributed by atoms with van der Waals surface area (Å²) in [7, 11) is 0. The van der Waals surface area contributed by atoms with Crippen molar-refractivity contribution in [2.24, 2.45) is 0 Å². The van der Waals surface area contributed by atoms with E-state index in [9.17, 15) is 10.1 Å². The van der Waals surface area contributed by atoms with Gasteiger partial charge < -0.3 is 5.32 Å². The average molecular weight is 276 g/mol. The molecule has 0 bridgehead atoms. The van der Waals surface area contributed by atoms with Gasteiger partial charge in [0.05, 0.1) is 4.92 Å². The second kappa shape index (κ2) is 6.45. The van der Waals surface area contributed by atoms with Crippen LogP contribution >= 0.6 is 11.3 Å². The van der Waals surface area contributed by atoms with Gasteiger partial charge >= 0.3 is 0 Å². The van der Waals surface area contributed by atoms with Gasteiger partial charge in [-0.3, -0.25) is 10.1 Å². The predicted molar refractivity (Wildman–Crippen MR) is 77.5 cm³/mol. The van der Waals surface area contributed by atoms with Crippen molar-refractivity contribution in [2.75, 3.05) is 6.54 Å². The van der Waals surface area contributed by atoms with Gasteiger partial charge in [0, 0.05) is 22.5 Å². The van der Waals surface area contributed by atoms with E-state index in [1.54, 1.807) is 23.5 Å². The Labute approximate surface area is 116 Å². The third-order valence-electron chi connectivity index (χ3n) is 2.95. The number of nitro groups is 1. The second-order valence-corrected chi connectivity index (χ2v) is 5.19. The van der Waals surface area contributed by atoms with Gasteiger partial charge in [0.1, 0.15) is 0 Å². The molecule has 19 heavy (non-hydrogen) atoms. The first kappa shape index (κ1) is 13.7. The molecule has 0 saturated heterocycles. The number of benzene rings is 1. The molecule has 1 aromatic heterocycles. The number of hydrogen-bond acceptors (Lipinski definition) is 4. The van der Waals surface area contributed by atoms with Crippen LogP contribution in [0.1, 0.15) is 23.4 Å². The van der Waals surface area contributed by atoms with E-state index in [-0.39, 0.29) is 16.7 Å². The lowest BCUT2D eigenvalue weighted by atomic mass is 10.0. The first-order valence-electron chi connectivity index (χ1n) is 6.21. The molecular weight excluding hydrogens is 260 g/mol. The minimum atomic E-state index is -0.313. The highest BCUT2D eigenvalue weighted by Gasteiger charge is 2.18. The zero-order chi connectivity index (χ0) is 13.7. The van der Waals surface area contributed by atoms with Gasteiger partial charge in [-0.2, -0.15) is 0 Å². The fraction of sp³-hybridized carbons (Fsp3) is 0.286. The van der Waals surface area contributed by atoms with Crippen LogP contribution in [0.15, 0.2) is 41.8 Å². The summed E-state index contributed by atoms with van der Waals surface area (Å²) in [6, 6.07) is 11.1. The fourth-order valence-corrected chi connectivity index (χ4v) is 2.89. The maximum atomic E-state index is 11.0. The number of rotatable bonds is 6. The lowest BCUT2D eigenvalue weighted by Crippen LogP contribution is -2.22. The third-order valence-corrected chi connectivity index (χ3v) is 3.94. The molecular formula is C14H16N2O2S. The number of hydrogen-bond donors (Lipinski definition) is 1. The molecule has 5 heteroatoms. The molecule has 0 saturated carbocycles. The molecule has 0 aliphatic carbocycles. The molecule has 1 heterocycles. The number of nitrogens with one attached hydrogen (secondary N) is 1. The summed E-state index contributed by atoms with van der Waals surface area (Å²) in [6.45, 7) is 2.88. The summed E-state index contributed by atoms with van der Waals surface area (Å²) in [5, 5.41) is 16.4. The predicted octanol–water partition coefficient (Wildman–Crippen LogP) is 3.55. The number of likely N-dealkylation sites (N-methyl/N-ethyl adjacent to an activating group) is 1. The number of thiophene rings is 1. The van der Waals surface area contributed by atoms with Crippen molar-refractivity contribution < 1.29 is 4.92 Å². The minimum Gasteiger partial charge on any atom is -0.309 e. The quantitative estimate of drug-likeness (QED) is 0.648. The lowest BCUT2D eigenvalue weighted by Gasteiger charge is -2.16. The molecule has 0 fully saturated rings. The Morgan fingerprint density at radius 1 is 1.32 bits per heavy atom. The highest BCUT2D eigenvalue weighted by Crippen LogP contribution is 2.27. The van der Waals surface area contributed by atoms with Gasteiger partial charge in [-0.15, -0.1) is 11.3 Å². The molecule has 2 rings (SSSR count). The summed E-state index contributed by atoms with van der Waals surface area (Å²) in [4.78, 5) is 11.9. The zero-order valence-corrected chi connectivity index (χ0v) is 11.5. The van der Waals surface area contributed by atoms with Crippen LogP contribution in [-0.4, -0.2) is 11.5 Å². The Morgan fingerprint density at radius 2 is 2.11 bits per heavy atom. The SMILES string of the molecule is CCNC(Cc1ccccc1[N+](=O)[O-])c1cccs1. The number of nitro benzene ring substituents is 1. The molecule has 1 atom stereocenters. The maximum absolute atomic E-state index is 11.0. The standard InChI is InChI=1S/C14H16N2O2S/c1-2-15-12(14-8-5-9-19-14)10-11-6-3-4-7-13(11)16(17)18/h3-9,12,15H,2,10H2,1H3. The van der Waals surface area contributed by atoms with Crippen molar-refractivity contribution in [1.29, 1.82) is 0 Å². The zero-order valence-electron chi connectivity index (χ0n) is 10.7. The van der Waals surface area contributed by atoms with E-state index in [1.807, 2.05) is 30.5 Å². The molecule has 1 aromatic carbocycles. The van der Waals surface area contributed by atoms with Gasteiger partial charge in [0.25, 0.3) is 5.69 Å². The number of para-hydroxylation sites is 1. The van der Waals surface area contributed by atoms with Crippen molar-refractivity contribution in [2.45, 2.75) is 19.4 Å². The molecule has 1 unspecified atom stereocenters. The molecule has 0 radical (unpaired) electrons. The first-order chi connectivity index (χ1) is 9.22. The van der Waals surface area contributed by atoms with E-state index in [1.165, 1.54) is 4.88 Å². The average Bonchev–Trinajstić information content (AvgIpc) is 2.92. The Morgan fingerprint density at radius 3 is 2.74 bits per heavy atom. The first-order valence-corrected chi connectivity index (χ1v) is 7.09. The van der Waals surface area contributed by atoms with Gasteiger partial charge in [-0.1, -0.05) is 31.2 Å². The van der Waals surface area contributed by atoms with Gasteiger partial charge in [0.2, 0.25) is 0 Å². The Bertz CT molecular complexity index is 540. The third kappa shape index (κ3) is 3.39.